The van der Waals surface area contributed by atoms with Crippen LogP contribution < -0.4 is 0 Å². The Bertz CT molecular complexity index is 817. The first-order valence-electron chi connectivity index (χ1n) is 9.11. The van der Waals surface area contributed by atoms with E-state index in [1.54, 1.807) is 17.1 Å². The molecular weight excluding hydrogens is 329 g/mol. The number of halogens is 1. The second kappa shape index (κ2) is 7.38. The highest BCUT2D eigenvalue weighted by Gasteiger charge is 2.32. The molecule has 2 aromatic carbocycles. The molecule has 0 spiro atoms. The highest BCUT2D eigenvalue weighted by Crippen LogP contribution is 2.29. The SMILES string of the molecule is O=C(CN(Cc1ccccc1F)C1CC1)N1CCC(c2ccccc2)=N1. The molecule has 134 valence electrons. The van der Waals surface area contributed by atoms with Crippen LogP contribution in [-0.4, -0.2) is 40.7 Å². The number of hydrazone groups is 1. The van der Waals surface area contributed by atoms with E-state index >= 15 is 0 Å². The zero-order valence-electron chi connectivity index (χ0n) is 14.6. The monoisotopic (exact) mass is 351 g/mol. The predicted molar refractivity (Wildman–Crippen MR) is 99.1 cm³/mol. The van der Waals surface area contributed by atoms with Gasteiger partial charge >= 0.3 is 0 Å². The van der Waals surface area contributed by atoms with Gasteiger partial charge in [0.2, 0.25) is 0 Å². The van der Waals surface area contributed by atoms with Crippen molar-refractivity contribution in [2.24, 2.45) is 5.10 Å². The van der Waals surface area contributed by atoms with Gasteiger partial charge in [-0.25, -0.2) is 9.40 Å². The maximum absolute atomic E-state index is 14.0. The zero-order chi connectivity index (χ0) is 17.9. The topological polar surface area (TPSA) is 35.9 Å². The summed E-state index contributed by atoms with van der Waals surface area (Å²) < 4.78 is 14.0. The van der Waals surface area contributed by atoms with Gasteiger partial charge in [0.05, 0.1) is 18.8 Å². The largest absolute Gasteiger partial charge is 0.287 e. The minimum atomic E-state index is -0.212. The fraction of sp³-hybridized carbons (Fsp3) is 0.333. The number of carbonyl (C=O) groups excluding carboxylic acids is 1. The lowest BCUT2D eigenvalue weighted by Crippen LogP contribution is -2.38. The van der Waals surface area contributed by atoms with Gasteiger partial charge in [-0.05, 0) is 24.5 Å². The van der Waals surface area contributed by atoms with Crippen LogP contribution in [0.2, 0.25) is 0 Å². The number of rotatable bonds is 6. The summed E-state index contributed by atoms with van der Waals surface area (Å²) in [5, 5.41) is 6.08. The van der Waals surface area contributed by atoms with Crippen LogP contribution in [-0.2, 0) is 11.3 Å². The van der Waals surface area contributed by atoms with Crippen LogP contribution in [0.15, 0.2) is 59.7 Å². The van der Waals surface area contributed by atoms with Gasteiger partial charge in [-0.1, -0.05) is 48.5 Å². The normalized spacial score (nSPS) is 16.8. The Hall–Kier alpha value is -2.53. The summed E-state index contributed by atoms with van der Waals surface area (Å²) in [4.78, 5) is 14.8. The minimum absolute atomic E-state index is 0.0147. The van der Waals surface area contributed by atoms with E-state index in [-0.39, 0.29) is 18.3 Å². The van der Waals surface area contributed by atoms with Gasteiger partial charge in [0.1, 0.15) is 5.82 Å². The lowest BCUT2D eigenvalue weighted by atomic mass is 10.1. The average Bonchev–Trinajstić information content (AvgIpc) is 3.39. The molecule has 5 heteroatoms. The van der Waals surface area contributed by atoms with Gasteiger partial charge in [0, 0.05) is 24.6 Å². The van der Waals surface area contributed by atoms with Crippen LogP contribution >= 0.6 is 0 Å². The van der Waals surface area contributed by atoms with Gasteiger partial charge in [-0.2, -0.15) is 5.10 Å². The van der Waals surface area contributed by atoms with Crippen molar-refractivity contribution >= 4 is 11.6 Å². The van der Waals surface area contributed by atoms with E-state index in [1.807, 2.05) is 36.4 Å². The van der Waals surface area contributed by atoms with Crippen molar-refractivity contribution in [3.63, 3.8) is 0 Å². The Labute approximate surface area is 152 Å². The summed E-state index contributed by atoms with van der Waals surface area (Å²) in [7, 11) is 0. The Balaban J connectivity index is 1.43. The third-order valence-corrected chi connectivity index (χ3v) is 4.93. The Morgan fingerprint density at radius 1 is 1.12 bits per heavy atom. The van der Waals surface area contributed by atoms with Gasteiger partial charge in [0.25, 0.3) is 5.91 Å². The molecule has 0 unspecified atom stereocenters. The number of benzene rings is 2. The number of hydrogen-bond acceptors (Lipinski definition) is 3. The molecule has 1 heterocycles. The fourth-order valence-corrected chi connectivity index (χ4v) is 3.33. The molecule has 4 rings (SSSR count). The minimum Gasteiger partial charge on any atom is -0.287 e. The second-order valence-electron chi connectivity index (χ2n) is 6.91. The third-order valence-electron chi connectivity index (χ3n) is 4.93. The highest BCUT2D eigenvalue weighted by atomic mass is 19.1. The molecule has 0 aromatic heterocycles. The van der Waals surface area contributed by atoms with E-state index in [0.29, 0.717) is 24.7 Å². The number of amides is 1. The average molecular weight is 351 g/mol. The van der Waals surface area contributed by atoms with E-state index < -0.39 is 0 Å². The van der Waals surface area contributed by atoms with E-state index in [2.05, 4.69) is 10.0 Å². The first-order chi connectivity index (χ1) is 12.7. The molecule has 0 N–H and O–H groups in total. The predicted octanol–water partition coefficient (Wildman–Crippen LogP) is 3.43. The molecule has 1 fully saturated rings. The molecule has 0 saturated heterocycles. The van der Waals surface area contributed by atoms with Gasteiger partial charge in [0.15, 0.2) is 0 Å². The molecule has 1 aliphatic carbocycles. The van der Waals surface area contributed by atoms with Crippen LogP contribution in [0.1, 0.15) is 30.4 Å². The summed E-state index contributed by atoms with van der Waals surface area (Å²) in [6.07, 6.45) is 2.91. The van der Waals surface area contributed by atoms with Crippen molar-refractivity contribution in [3.05, 3.63) is 71.5 Å². The molecule has 4 nitrogen and oxygen atoms in total. The summed E-state index contributed by atoms with van der Waals surface area (Å²) in [6, 6.07) is 17.1. The molecule has 1 amide bonds. The van der Waals surface area contributed by atoms with Crippen molar-refractivity contribution in [2.75, 3.05) is 13.1 Å². The van der Waals surface area contributed by atoms with Gasteiger partial charge in [-0.3, -0.25) is 9.69 Å². The van der Waals surface area contributed by atoms with Crippen molar-refractivity contribution in [2.45, 2.75) is 31.8 Å². The van der Waals surface area contributed by atoms with Gasteiger partial charge < -0.3 is 0 Å². The summed E-state index contributed by atoms with van der Waals surface area (Å²) in [5.74, 6) is -0.227. The van der Waals surface area contributed by atoms with Crippen molar-refractivity contribution in [1.29, 1.82) is 0 Å². The van der Waals surface area contributed by atoms with Gasteiger partial charge in [-0.15, -0.1) is 0 Å². The summed E-state index contributed by atoms with van der Waals surface area (Å²) in [5.41, 5.74) is 2.65. The number of nitrogens with zero attached hydrogens (tertiary/aromatic N) is 3. The molecule has 1 saturated carbocycles. The summed E-state index contributed by atoms with van der Waals surface area (Å²) in [6.45, 7) is 1.36. The molecule has 1 aliphatic heterocycles. The lowest BCUT2D eigenvalue weighted by molar-refractivity contribution is -0.132. The zero-order valence-corrected chi connectivity index (χ0v) is 14.6. The molecule has 2 aliphatic rings. The molecule has 0 radical (unpaired) electrons. The fourth-order valence-electron chi connectivity index (χ4n) is 3.33. The smallest absolute Gasteiger partial charge is 0.256 e. The third kappa shape index (κ3) is 3.83. The van der Waals surface area contributed by atoms with E-state index in [9.17, 15) is 9.18 Å². The van der Waals surface area contributed by atoms with E-state index in [0.717, 1.165) is 30.5 Å². The highest BCUT2D eigenvalue weighted by molar-refractivity contribution is 6.02. The Kier molecular flexibility index (Phi) is 4.80. The van der Waals surface area contributed by atoms with E-state index in [1.165, 1.54) is 6.07 Å². The molecule has 26 heavy (non-hydrogen) atoms. The molecule has 0 bridgehead atoms. The summed E-state index contributed by atoms with van der Waals surface area (Å²) >= 11 is 0. The van der Waals surface area contributed by atoms with Crippen molar-refractivity contribution in [1.82, 2.24) is 9.91 Å². The molecular formula is C21H22FN3O. The second-order valence-corrected chi connectivity index (χ2v) is 6.91. The van der Waals surface area contributed by atoms with Crippen LogP contribution in [0, 0.1) is 5.82 Å². The number of carbonyl (C=O) groups is 1. The van der Waals surface area contributed by atoms with Crippen LogP contribution in [0.3, 0.4) is 0 Å². The van der Waals surface area contributed by atoms with Crippen LogP contribution in [0.4, 0.5) is 4.39 Å². The van der Waals surface area contributed by atoms with Crippen molar-refractivity contribution < 1.29 is 9.18 Å². The first-order valence-corrected chi connectivity index (χ1v) is 9.11. The quantitative estimate of drug-likeness (QED) is 0.799. The Morgan fingerprint density at radius 3 is 2.58 bits per heavy atom. The van der Waals surface area contributed by atoms with Crippen molar-refractivity contribution in [3.8, 4) is 0 Å². The van der Waals surface area contributed by atoms with E-state index in [4.69, 9.17) is 0 Å². The van der Waals surface area contributed by atoms with Crippen LogP contribution in [0.5, 0.6) is 0 Å². The maximum atomic E-state index is 14.0. The number of hydrogen-bond donors (Lipinski definition) is 0. The van der Waals surface area contributed by atoms with Crippen LogP contribution in [0.25, 0.3) is 0 Å². The lowest BCUT2D eigenvalue weighted by Gasteiger charge is -2.23. The molecule has 0 atom stereocenters. The standard InChI is InChI=1S/C21H22FN3O/c22-19-9-5-4-8-17(19)14-24(18-10-11-18)15-21(26)25-13-12-20(23-25)16-6-2-1-3-7-16/h1-9,18H,10-15H2. The maximum Gasteiger partial charge on any atom is 0.256 e. The molecule has 2 aromatic rings. The Morgan fingerprint density at radius 2 is 1.85 bits per heavy atom. The first kappa shape index (κ1) is 16.9.